The minimum Gasteiger partial charge on any atom is -0.205 e. The maximum absolute atomic E-state index is 13.8. The lowest BCUT2D eigenvalue weighted by molar-refractivity contribution is 0.611. The summed E-state index contributed by atoms with van der Waals surface area (Å²) in [4.78, 5) is 4.13. The Labute approximate surface area is 124 Å². The second-order valence-corrected chi connectivity index (χ2v) is 4.79. The van der Waals surface area contributed by atoms with Crippen molar-refractivity contribution >= 4 is 23.2 Å². The van der Waals surface area contributed by atoms with Gasteiger partial charge in [0.2, 0.25) is 5.28 Å². The summed E-state index contributed by atoms with van der Waals surface area (Å²) in [6, 6.07) is 13.3. The van der Waals surface area contributed by atoms with Crippen LogP contribution in [0.4, 0.5) is 4.39 Å². The zero-order valence-corrected chi connectivity index (χ0v) is 11.6. The molecule has 0 radical (unpaired) electrons. The van der Waals surface area contributed by atoms with Gasteiger partial charge in [-0.15, -0.1) is 5.10 Å². The van der Waals surface area contributed by atoms with Crippen LogP contribution in [0, 0.1) is 5.82 Å². The average Bonchev–Trinajstić information content (AvgIpc) is 2.81. The predicted octanol–water partition coefficient (Wildman–Crippen LogP) is 4.38. The third-order valence-corrected chi connectivity index (χ3v) is 3.34. The smallest absolute Gasteiger partial charge is 0.205 e. The van der Waals surface area contributed by atoms with Crippen molar-refractivity contribution in [3.63, 3.8) is 0 Å². The van der Waals surface area contributed by atoms with Crippen LogP contribution in [-0.4, -0.2) is 14.8 Å². The highest BCUT2D eigenvalue weighted by atomic mass is 35.5. The summed E-state index contributed by atoms with van der Waals surface area (Å²) in [5.41, 5.74) is 0.884. The van der Waals surface area contributed by atoms with Crippen LogP contribution in [0.25, 0.3) is 17.1 Å². The highest BCUT2D eigenvalue weighted by molar-refractivity contribution is 6.33. The third-order valence-electron chi connectivity index (χ3n) is 2.76. The Kier molecular flexibility index (Phi) is 3.42. The maximum atomic E-state index is 13.8. The van der Waals surface area contributed by atoms with E-state index in [0.717, 1.165) is 0 Å². The van der Waals surface area contributed by atoms with Gasteiger partial charge in [0.25, 0.3) is 0 Å². The molecule has 0 saturated heterocycles. The molecule has 3 rings (SSSR count). The van der Waals surface area contributed by atoms with Gasteiger partial charge < -0.3 is 0 Å². The number of benzene rings is 2. The fourth-order valence-electron chi connectivity index (χ4n) is 1.83. The lowest BCUT2D eigenvalue weighted by atomic mass is 10.2. The van der Waals surface area contributed by atoms with Crippen molar-refractivity contribution < 1.29 is 4.39 Å². The molecule has 2 aromatic carbocycles. The first-order chi connectivity index (χ1) is 9.66. The first kappa shape index (κ1) is 13.1. The average molecular weight is 308 g/mol. The van der Waals surface area contributed by atoms with Gasteiger partial charge in [0, 0.05) is 5.56 Å². The number of halogens is 3. The van der Waals surface area contributed by atoms with Gasteiger partial charge in [0.1, 0.15) is 11.5 Å². The summed E-state index contributed by atoms with van der Waals surface area (Å²) in [5.74, 6) is -0.0751. The van der Waals surface area contributed by atoms with Crippen molar-refractivity contribution in [3.8, 4) is 17.1 Å². The first-order valence-corrected chi connectivity index (χ1v) is 6.55. The minimum absolute atomic E-state index is 0.0741. The van der Waals surface area contributed by atoms with Crippen LogP contribution in [0.2, 0.25) is 10.3 Å². The van der Waals surface area contributed by atoms with Crippen molar-refractivity contribution in [1.82, 2.24) is 14.8 Å². The molecule has 20 heavy (non-hydrogen) atoms. The van der Waals surface area contributed by atoms with Crippen molar-refractivity contribution in [3.05, 3.63) is 64.7 Å². The second kappa shape index (κ2) is 5.23. The number of para-hydroxylation sites is 1. The van der Waals surface area contributed by atoms with Crippen LogP contribution in [0.1, 0.15) is 0 Å². The van der Waals surface area contributed by atoms with Crippen molar-refractivity contribution in [2.75, 3.05) is 0 Å². The third kappa shape index (κ3) is 2.28. The van der Waals surface area contributed by atoms with E-state index in [-0.39, 0.29) is 11.0 Å². The van der Waals surface area contributed by atoms with Gasteiger partial charge in [0.05, 0.1) is 5.02 Å². The van der Waals surface area contributed by atoms with Crippen LogP contribution in [0.3, 0.4) is 0 Å². The molecule has 0 N–H and O–H groups in total. The monoisotopic (exact) mass is 307 g/mol. The fourth-order valence-corrected chi connectivity index (χ4v) is 2.26. The molecule has 0 fully saturated rings. The zero-order valence-electron chi connectivity index (χ0n) is 10.1. The molecule has 0 aliphatic heterocycles. The largest absolute Gasteiger partial charge is 0.226 e. The molecule has 0 unspecified atom stereocenters. The number of nitrogens with zero attached hydrogens (tertiary/aromatic N) is 3. The first-order valence-electron chi connectivity index (χ1n) is 5.79. The van der Waals surface area contributed by atoms with E-state index in [9.17, 15) is 4.39 Å². The van der Waals surface area contributed by atoms with Crippen LogP contribution in [-0.2, 0) is 0 Å². The summed E-state index contributed by atoms with van der Waals surface area (Å²) >= 11 is 12.1. The minimum atomic E-state index is -0.426. The Hall–Kier alpha value is -1.91. The zero-order chi connectivity index (χ0) is 14.1. The molecule has 1 aromatic heterocycles. The lowest BCUT2D eigenvalue weighted by Gasteiger charge is -2.02. The summed E-state index contributed by atoms with van der Waals surface area (Å²) in [6.07, 6.45) is 0. The van der Waals surface area contributed by atoms with Gasteiger partial charge >= 0.3 is 0 Å². The number of hydrogen-bond acceptors (Lipinski definition) is 2. The molecular formula is C14H8Cl2FN3. The molecule has 0 bridgehead atoms. The molecule has 0 saturated carbocycles. The summed E-state index contributed by atoms with van der Waals surface area (Å²) in [7, 11) is 0. The van der Waals surface area contributed by atoms with Gasteiger partial charge in [-0.25, -0.2) is 4.39 Å². The Morgan fingerprint density at radius 2 is 1.65 bits per heavy atom. The van der Waals surface area contributed by atoms with E-state index in [2.05, 4.69) is 10.1 Å². The van der Waals surface area contributed by atoms with E-state index in [4.69, 9.17) is 23.2 Å². The molecule has 100 valence electrons. The Bertz CT molecular complexity index is 771. The summed E-state index contributed by atoms with van der Waals surface area (Å²) in [5, 5.41) is 4.80. The second-order valence-electron chi connectivity index (χ2n) is 4.05. The molecule has 0 aliphatic carbocycles. The van der Waals surface area contributed by atoms with Gasteiger partial charge in [-0.2, -0.15) is 9.67 Å². The lowest BCUT2D eigenvalue weighted by Crippen LogP contribution is -1.99. The van der Waals surface area contributed by atoms with E-state index in [0.29, 0.717) is 16.4 Å². The number of hydrogen-bond donors (Lipinski definition) is 0. The number of aromatic nitrogens is 3. The Balaban J connectivity index is 2.13. The normalized spacial score (nSPS) is 10.8. The molecular weight excluding hydrogens is 300 g/mol. The van der Waals surface area contributed by atoms with Gasteiger partial charge in [0.15, 0.2) is 5.82 Å². The Morgan fingerprint density at radius 1 is 0.950 bits per heavy atom. The predicted molar refractivity (Wildman–Crippen MR) is 76.8 cm³/mol. The standard InChI is InChI=1S/C14H8Cl2FN3/c15-10-6-2-1-5-9(10)13-18-14(16)20(19-13)12-8-4-3-7-11(12)17/h1-8H. The molecule has 0 spiro atoms. The van der Waals surface area contributed by atoms with Gasteiger partial charge in [-0.05, 0) is 35.9 Å². The molecule has 0 aliphatic rings. The van der Waals surface area contributed by atoms with E-state index in [1.165, 1.54) is 10.7 Å². The molecule has 3 nitrogen and oxygen atoms in total. The summed E-state index contributed by atoms with van der Waals surface area (Å²) in [6.45, 7) is 0. The molecule has 3 aromatic rings. The van der Waals surface area contributed by atoms with Crippen LogP contribution in [0.15, 0.2) is 48.5 Å². The topological polar surface area (TPSA) is 30.7 Å². The highest BCUT2D eigenvalue weighted by Crippen LogP contribution is 2.27. The molecule has 0 atom stereocenters. The fraction of sp³-hybridized carbons (Fsp3) is 0. The molecule has 6 heteroatoms. The molecule has 0 amide bonds. The van der Waals surface area contributed by atoms with E-state index in [1.807, 2.05) is 6.07 Å². The van der Waals surface area contributed by atoms with E-state index >= 15 is 0 Å². The number of rotatable bonds is 2. The van der Waals surface area contributed by atoms with E-state index < -0.39 is 5.82 Å². The van der Waals surface area contributed by atoms with E-state index in [1.54, 1.807) is 36.4 Å². The van der Waals surface area contributed by atoms with Crippen molar-refractivity contribution in [1.29, 1.82) is 0 Å². The highest BCUT2D eigenvalue weighted by Gasteiger charge is 2.15. The van der Waals surface area contributed by atoms with Gasteiger partial charge in [-0.3, -0.25) is 0 Å². The molecule has 1 heterocycles. The maximum Gasteiger partial charge on any atom is 0.226 e. The van der Waals surface area contributed by atoms with Gasteiger partial charge in [-0.1, -0.05) is 35.9 Å². The van der Waals surface area contributed by atoms with Crippen molar-refractivity contribution in [2.45, 2.75) is 0 Å². The van der Waals surface area contributed by atoms with Crippen LogP contribution in [0.5, 0.6) is 0 Å². The quantitative estimate of drug-likeness (QED) is 0.703. The van der Waals surface area contributed by atoms with Crippen molar-refractivity contribution in [2.24, 2.45) is 0 Å². The van der Waals surface area contributed by atoms with Crippen LogP contribution < -0.4 is 0 Å². The Morgan fingerprint density at radius 3 is 2.40 bits per heavy atom. The van der Waals surface area contributed by atoms with Crippen LogP contribution >= 0.6 is 23.2 Å². The SMILES string of the molecule is Fc1ccccc1-n1nc(-c2ccccc2Cl)nc1Cl. The summed E-state index contributed by atoms with van der Waals surface area (Å²) < 4.78 is 15.0.